The van der Waals surface area contributed by atoms with Crippen molar-refractivity contribution in [3.63, 3.8) is 0 Å². The van der Waals surface area contributed by atoms with Gasteiger partial charge in [0.15, 0.2) is 9.84 Å². The monoisotopic (exact) mass is 295 g/mol. The first-order valence-electron chi connectivity index (χ1n) is 6.13. The number of hydrogen-bond acceptors (Lipinski definition) is 3. The van der Waals surface area contributed by atoms with Crippen molar-refractivity contribution in [2.45, 2.75) is 12.5 Å². The Morgan fingerprint density at radius 3 is 2.55 bits per heavy atom. The molecule has 0 aromatic heterocycles. The number of carbonyl (C=O) groups excluding carboxylic acids is 1. The molecule has 1 amide bonds. The van der Waals surface area contributed by atoms with Crippen LogP contribution in [0.25, 0.3) is 0 Å². The number of sulfone groups is 1. The molecule has 0 saturated carbocycles. The van der Waals surface area contributed by atoms with E-state index in [1.54, 1.807) is 0 Å². The molecular weight excluding hydrogens is 281 g/mol. The van der Waals surface area contributed by atoms with Crippen LogP contribution >= 0.6 is 0 Å². The fourth-order valence-corrected chi connectivity index (χ4v) is 3.98. The molecule has 1 aromatic rings. The zero-order chi connectivity index (χ0) is 14.8. The lowest BCUT2D eigenvalue weighted by atomic mass is 10.1. The van der Waals surface area contributed by atoms with E-state index in [0.717, 1.165) is 0 Å². The Balaban J connectivity index is 2.23. The van der Waals surface area contributed by atoms with Crippen LogP contribution in [0.15, 0.2) is 24.3 Å². The van der Waals surface area contributed by atoms with Crippen LogP contribution in [-0.2, 0) is 9.84 Å². The quantitative estimate of drug-likeness (QED) is 0.784. The Kier molecular flexibility index (Phi) is 4.09. The highest BCUT2D eigenvalue weighted by Crippen LogP contribution is 2.20. The summed E-state index contributed by atoms with van der Waals surface area (Å²) in [6, 6.07) is 4.70. The SMILES string of the molecule is C#CCN(C(=O)c1ccc(F)cc1)C1CCS(=O)(=O)C1. The van der Waals surface area contributed by atoms with Gasteiger partial charge in [0, 0.05) is 11.6 Å². The summed E-state index contributed by atoms with van der Waals surface area (Å²) in [6.45, 7) is 0.0381. The van der Waals surface area contributed by atoms with E-state index in [1.165, 1.54) is 29.2 Å². The van der Waals surface area contributed by atoms with Gasteiger partial charge in [0.05, 0.1) is 18.1 Å². The van der Waals surface area contributed by atoms with E-state index >= 15 is 0 Å². The molecule has 0 N–H and O–H groups in total. The molecule has 1 aromatic carbocycles. The first-order valence-corrected chi connectivity index (χ1v) is 7.95. The van der Waals surface area contributed by atoms with Gasteiger partial charge in [-0.2, -0.15) is 0 Å². The summed E-state index contributed by atoms with van der Waals surface area (Å²) in [4.78, 5) is 13.7. The summed E-state index contributed by atoms with van der Waals surface area (Å²) < 4.78 is 35.9. The number of rotatable bonds is 3. The predicted octanol–water partition coefficient (Wildman–Crippen LogP) is 1.09. The first kappa shape index (κ1) is 14.5. The normalized spacial score (nSPS) is 20.3. The molecule has 1 fully saturated rings. The molecule has 1 aliphatic heterocycles. The van der Waals surface area contributed by atoms with Crippen molar-refractivity contribution in [2.24, 2.45) is 0 Å². The summed E-state index contributed by atoms with van der Waals surface area (Å²) in [7, 11) is -3.10. The Bertz CT molecular complexity index is 646. The molecule has 6 heteroatoms. The van der Waals surface area contributed by atoms with E-state index in [1.807, 2.05) is 0 Å². The third-order valence-corrected chi connectivity index (χ3v) is 5.01. The average molecular weight is 295 g/mol. The first-order chi connectivity index (χ1) is 9.43. The standard InChI is InChI=1S/C14H14FNO3S/c1-2-8-16(13-7-9-20(18,19)10-13)14(17)11-3-5-12(15)6-4-11/h1,3-6,13H,7-10H2. The van der Waals surface area contributed by atoms with Crippen LogP contribution < -0.4 is 0 Å². The van der Waals surface area contributed by atoms with Crippen molar-refractivity contribution < 1.29 is 17.6 Å². The average Bonchev–Trinajstić information content (AvgIpc) is 2.76. The van der Waals surface area contributed by atoms with Gasteiger partial charge in [-0.3, -0.25) is 4.79 Å². The number of amides is 1. The van der Waals surface area contributed by atoms with Gasteiger partial charge >= 0.3 is 0 Å². The van der Waals surface area contributed by atoms with Gasteiger partial charge in [-0.05, 0) is 30.7 Å². The molecule has 106 valence electrons. The number of hydrogen-bond donors (Lipinski definition) is 0. The fraction of sp³-hybridized carbons (Fsp3) is 0.357. The topological polar surface area (TPSA) is 54.5 Å². The molecule has 0 radical (unpaired) electrons. The van der Waals surface area contributed by atoms with E-state index in [-0.39, 0.29) is 24.0 Å². The van der Waals surface area contributed by atoms with Gasteiger partial charge in [-0.25, -0.2) is 12.8 Å². The number of terminal acetylenes is 1. The third kappa shape index (κ3) is 3.17. The number of halogens is 1. The van der Waals surface area contributed by atoms with Gasteiger partial charge in [0.25, 0.3) is 5.91 Å². The lowest BCUT2D eigenvalue weighted by molar-refractivity contribution is 0.0724. The minimum Gasteiger partial charge on any atom is -0.323 e. The molecule has 4 nitrogen and oxygen atoms in total. The number of nitrogens with zero attached hydrogens (tertiary/aromatic N) is 1. The minimum absolute atomic E-state index is 0.0381. The Labute approximate surface area is 117 Å². The van der Waals surface area contributed by atoms with Crippen LogP contribution in [0.1, 0.15) is 16.8 Å². The maximum absolute atomic E-state index is 12.9. The summed E-state index contributed by atoms with van der Waals surface area (Å²) in [5.74, 6) is 1.56. The van der Waals surface area contributed by atoms with Crippen molar-refractivity contribution in [3.8, 4) is 12.3 Å². The van der Waals surface area contributed by atoms with E-state index < -0.39 is 21.7 Å². The van der Waals surface area contributed by atoms with Crippen LogP contribution in [0.4, 0.5) is 4.39 Å². The van der Waals surface area contributed by atoms with Crippen LogP contribution in [0.5, 0.6) is 0 Å². The van der Waals surface area contributed by atoms with Gasteiger partial charge < -0.3 is 4.90 Å². The molecule has 20 heavy (non-hydrogen) atoms. The Hall–Kier alpha value is -1.87. The van der Waals surface area contributed by atoms with Crippen molar-refractivity contribution in [1.29, 1.82) is 0 Å². The molecular formula is C14H14FNO3S. The molecule has 2 rings (SSSR count). The van der Waals surface area contributed by atoms with E-state index in [9.17, 15) is 17.6 Å². The molecule has 1 unspecified atom stereocenters. The fourth-order valence-electron chi connectivity index (χ4n) is 2.24. The molecule has 1 heterocycles. The Morgan fingerprint density at radius 2 is 2.05 bits per heavy atom. The maximum Gasteiger partial charge on any atom is 0.254 e. The summed E-state index contributed by atoms with van der Waals surface area (Å²) in [6.07, 6.45) is 5.64. The molecule has 1 saturated heterocycles. The van der Waals surface area contributed by atoms with Gasteiger partial charge in [0.2, 0.25) is 0 Å². The van der Waals surface area contributed by atoms with Gasteiger partial charge in [-0.1, -0.05) is 5.92 Å². The van der Waals surface area contributed by atoms with Crippen LogP contribution in [0, 0.1) is 18.2 Å². The lowest BCUT2D eigenvalue weighted by Crippen LogP contribution is -2.41. The van der Waals surface area contributed by atoms with Crippen molar-refractivity contribution in [1.82, 2.24) is 4.90 Å². The summed E-state index contributed by atoms with van der Waals surface area (Å²) >= 11 is 0. The Morgan fingerprint density at radius 1 is 1.40 bits per heavy atom. The van der Waals surface area contributed by atoms with Gasteiger partial charge in [0.1, 0.15) is 5.82 Å². The zero-order valence-corrected chi connectivity index (χ0v) is 11.6. The molecule has 0 aliphatic carbocycles. The summed E-state index contributed by atoms with van der Waals surface area (Å²) in [5, 5.41) is 0. The van der Waals surface area contributed by atoms with Crippen LogP contribution in [0.3, 0.4) is 0 Å². The highest BCUT2D eigenvalue weighted by Gasteiger charge is 2.34. The van der Waals surface area contributed by atoms with Crippen molar-refractivity contribution in [3.05, 3.63) is 35.6 Å². The van der Waals surface area contributed by atoms with Crippen LogP contribution in [-0.4, -0.2) is 43.3 Å². The second-order valence-electron chi connectivity index (χ2n) is 4.70. The molecule has 1 aliphatic rings. The maximum atomic E-state index is 12.9. The lowest BCUT2D eigenvalue weighted by Gasteiger charge is -2.26. The van der Waals surface area contributed by atoms with Crippen molar-refractivity contribution >= 4 is 15.7 Å². The third-order valence-electron chi connectivity index (χ3n) is 3.26. The number of benzene rings is 1. The van der Waals surface area contributed by atoms with Crippen LogP contribution in [0.2, 0.25) is 0 Å². The van der Waals surface area contributed by atoms with E-state index in [0.29, 0.717) is 12.0 Å². The minimum atomic E-state index is -3.10. The molecule has 0 bridgehead atoms. The highest BCUT2D eigenvalue weighted by molar-refractivity contribution is 7.91. The second-order valence-corrected chi connectivity index (χ2v) is 6.93. The molecule has 1 atom stereocenters. The molecule has 0 spiro atoms. The van der Waals surface area contributed by atoms with E-state index in [4.69, 9.17) is 6.42 Å². The largest absolute Gasteiger partial charge is 0.323 e. The predicted molar refractivity (Wildman–Crippen MR) is 73.3 cm³/mol. The van der Waals surface area contributed by atoms with Crippen molar-refractivity contribution in [2.75, 3.05) is 18.1 Å². The van der Waals surface area contributed by atoms with E-state index in [2.05, 4.69) is 5.92 Å². The highest BCUT2D eigenvalue weighted by atomic mass is 32.2. The number of carbonyl (C=O) groups is 1. The zero-order valence-electron chi connectivity index (χ0n) is 10.8. The second kappa shape index (κ2) is 5.63. The summed E-state index contributed by atoms with van der Waals surface area (Å²) in [5.41, 5.74) is 0.297. The van der Waals surface area contributed by atoms with Gasteiger partial charge in [-0.15, -0.1) is 6.42 Å². The smallest absolute Gasteiger partial charge is 0.254 e.